The largest absolute Gasteiger partial charge is 0.508 e. The third-order valence-corrected chi connectivity index (χ3v) is 3.88. The first-order valence-electron chi connectivity index (χ1n) is 5.32. The van der Waals surface area contributed by atoms with Crippen molar-refractivity contribution in [3.05, 3.63) is 29.3 Å². The molecule has 2 atom stereocenters. The van der Waals surface area contributed by atoms with Gasteiger partial charge in [-0.15, -0.1) is 0 Å². The second kappa shape index (κ2) is 5.82. The van der Waals surface area contributed by atoms with E-state index in [1.807, 2.05) is 6.92 Å². The van der Waals surface area contributed by atoms with Gasteiger partial charge in [-0.1, -0.05) is 0 Å². The van der Waals surface area contributed by atoms with Crippen molar-refractivity contribution in [2.24, 2.45) is 0 Å². The number of amides is 1. The van der Waals surface area contributed by atoms with Crippen molar-refractivity contribution in [1.82, 2.24) is 5.32 Å². The van der Waals surface area contributed by atoms with Gasteiger partial charge < -0.3 is 10.4 Å². The van der Waals surface area contributed by atoms with Crippen molar-refractivity contribution >= 4 is 16.7 Å². The molecule has 17 heavy (non-hydrogen) atoms. The maximum atomic E-state index is 11.7. The van der Waals surface area contributed by atoms with Crippen LogP contribution < -0.4 is 5.32 Å². The van der Waals surface area contributed by atoms with E-state index in [9.17, 15) is 14.1 Å². The van der Waals surface area contributed by atoms with Crippen LogP contribution in [-0.4, -0.2) is 33.3 Å². The Morgan fingerprint density at radius 3 is 2.71 bits per heavy atom. The van der Waals surface area contributed by atoms with Crippen LogP contribution in [0.25, 0.3) is 0 Å². The third-order valence-electron chi connectivity index (χ3n) is 2.58. The zero-order valence-electron chi connectivity index (χ0n) is 10.2. The Bertz CT molecular complexity index is 445. The molecule has 0 aliphatic rings. The first kappa shape index (κ1) is 13.7. The number of carbonyl (C=O) groups is 1. The molecule has 0 aliphatic carbocycles. The van der Waals surface area contributed by atoms with Crippen LogP contribution in [0.1, 0.15) is 22.8 Å². The van der Waals surface area contributed by atoms with Gasteiger partial charge in [0.05, 0.1) is 0 Å². The molecule has 0 heterocycles. The first-order valence-corrected chi connectivity index (χ1v) is 6.94. The molecule has 0 spiro atoms. The van der Waals surface area contributed by atoms with Gasteiger partial charge in [0.2, 0.25) is 0 Å². The van der Waals surface area contributed by atoms with Gasteiger partial charge in [0.15, 0.2) is 0 Å². The van der Waals surface area contributed by atoms with Crippen molar-refractivity contribution in [2.45, 2.75) is 19.1 Å². The normalized spacial score (nSPS) is 14.1. The summed E-state index contributed by atoms with van der Waals surface area (Å²) in [5.41, 5.74) is 1.15. The lowest BCUT2D eigenvalue weighted by molar-refractivity contribution is 0.0954. The molecule has 94 valence electrons. The molecule has 0 saturated heterocycles. The number of carbonyl (C=O) groups excluding carboxylic acids is 1. The molecule has 0 bridgehead atoms. The Hall–Kier alpha value is -1.36. The Morgan fingerprint density at radius 1 is 1.53 bits per heavy atom. The quantitative estimate of drug-likeness (QED) is 0.849. The number of aryl methyl sites for hydroxylation is 1. The summed E-state index contributed by atoms with van der Waals surface area (Å²) in [6, 6.07) is 4.68. The van der Waals surface area contributed by atoms with Crippen LogP contribution in [0.4, 0.5) is 0 Å². The van der Waals surface area contributed by atoms with Crippen molar-refractivity contribution in [2.75, 3.05) is 12.8 Å². The van der Waals surface area contributed by atoms with Gasteiger partial charge in [0, 0.05) is 34.4 Å². The van der Waals surface area contributed by atoms with Crippen LogP contribution >= 0.6 is 0 Å². The van der Waals surface area contributed by atoms with Crippen molar-refractivity contribution in [1.29, 1.82) is 0 Å². The fraction of sp³-hybridized carbons (Fsp3) is 0.417. The summed E-state index contributed by atoms with van der Waals surface area (Å²) in [5.74, 6) is -0.0463. The van der Waals surface area contributed by atoms with E-state index in [1.54, 1.807) is 25.3 Å². The molecule has 0 aliphatic heterocycles. The van der Waals surface area contributed by atoms with Gasteiger partial charge >= 0.3 is 0 Å². The fourth-order valence-electron chi connectivity index (χ4n) is 1.25. The average Bonchev–Trinajstić information content (AvgIpc) is 2.28. The van der Waals surface area contributed by atoms with Crippen LogP contribution in [-0.2, 0) is 10.8 Å². The lowest BCUT2D eigenvalue weighted by atomic mass is 10.1. The maximum absolute atomic E-state index is 11.7. The summed E-state index contributed by atoms with van der Waals surface area (Å²) in [4.78, 5) is 11.7. The SMILES string of the molecule is Cc1cc(C(=O)NCC(C)S(C)=O)ccc1O. The van der Waals surface area contributed by atoms with E-state index < -0.39 is 10.8 Å². The predicted octanol–water partition coefficient (Wildman–Crippen LogP) is 1.20. The molecule has 1 aromatic carbocycles. The van der Waals surface area contributed by atoms with Gasteiger partial charge in [-0.25, -0.2) is 0 Å². The van der Waals surface area contributed by atoms with Gasteiger partial charge in [-0.05, 0) is 37.6 Å². The second-order valence-corrected chi connectivity index (χ2v) is 5.82. The number of phenols is 1. The van der Waals surface area contributed by atoms with Gasteiger partial charge in [0.25, 0.3) is 5.91 Å². The number of aromatic hydroxyl groups is 1. The minimum Gasteiger partial charge on any atom is -0.508 e. The molecule has 0 aromatic heterocycles. The summed E-state index contributed by atoms with van der Waals surface area (Å²) >= 11 is 0. The number of nitrogens with one attached hydrogen (secondary N) is 1. The number of rotatable bonds is 4. The minimum absolute atomic E-state index is 0.0721. The Balaban J connectivity index is 2.64. The highest BCUT2D eigenvalue weighted by atomic mass is 32.2. The topological polar surface area (TPSA) is 66.4 Å². The summed E-state index contributed by atoms with van der Waals surface area (Å²) in [6.45, 7) is 3.93. The monoisotopic (exact) mass is 255 g/mol. The van der Waals surface area contributed by atoms with Crippen molar-refractivity contribution in [3.8, 4) is 5.75 Å². The summed E-state index contributed by atoms with van der Waals surface area (Å²) in [7, 11) is -0.946. The van der Waals surface area contributed by atoms with E-state index in [2.05, 4.69) is 5.32 Å². The zero-order valence-corrected chi connectivity index (χ0v) is 11.0. The van der Waals surface area contributed by atoms with Crippen molar-refractivity contribution < 1.29 is 14.1 Å². The highest BCUT2D eigenvalue weighted by Gasteiger charge is 2.10. The summed E-state index contributed by atoms with van der Waals surface area (Å²) < 4.78 is 11.1. The van der Waals surface area contributed by atoms with Crippen molar-refractivity contribution in [3.63, 3.8) is 0 Å². The molecule has 1 amide bonds. The molecule has 5 heteroatoms. The minimum atomic E-state index is -0.946. The molecule has 1 aromatic rings. The molecule has 2 N–H and O–H groups in total. The van der Waals surface area contributed by atoms with E-state index in [1.165, 1.54) is 6.07 Å². The number of hydrogen-bond acceptors (Lipinski definition) is 3. The maximum Gasteiger partial charge on any atom is 0.251 e. The highest BCUT2D eigenvalue weighted by Crippen LogP contribution is 2.16. The zero-order chi connectivity index (χ0) is 13.0. The summed E-state index contributed by atoms with van der Waals surface area (Å²) in [6.07, 6.45) is 1.61. The average molecular weight is 255 g/mol. The number of hydrogen-bond donors (Lipinski definition) is 2. The smallest absolute Gasteiger partial charge is 0.251 e. The van der Waals surface area contributed by atoms with E-state index in [4.69, 9.17) is 0 Å². The second-order valence-electron chi connectivity index (χ2n) is 4.02. The van der Waals surface area contributed by atoms with E-state index in [0.29, 0.717) is 17.7 Å². The Labute approximate surface area is 104 Å². The van der Waals surface area contributed by atoms with E-state index in [-0.39, 0.29) is 16.9 Å². The van der Waals surface area contributed by atoms with Gasteiger partial charge in [0.1, 0.15) is 5.75 Å². The molecule has 0 saturated carbocycles. The molecule has 1 rings (SSSR count). The van der Waals surface area contributed by atoms with Crippen LogP contribution in [0.5, 0.6) is 5.75 Å². The third kappa shape index (κ3) is 3.85. The molecular weight excluding hydrogens is 238 g/mol. The summed E-state index contributed by atoms with van der Waals surface area (Å²) in [5, 5.41) is 12.0. The first-order chi connectivity index (χ1) is 7.91. The van der Waals surface area contributed by atoms with Crippen LogP contribution in [0.2, 0.25) is 0 Å². The lowest BCUT2D eigenvalue weighted by Crippen LogP contribution is -2.32. The van der Waals surface area contributed by atoms with Crippen LogP contribution in [0.15, 0.2) is 18.2 Å². The molecule has 0 radical (unpaired) electrons. The lowest BCUT2D eigenvalue weighted by Gasteiger charge is -2.10. The Kier molecular flexibility index (Phi) is 4.69. The molecule has 2 unspecified atom stereocenters. The van der Waals surface area contributed by atoms with E-state index in [0.717, 1.165) is 0 Å². The molecular formula is C12H17NO3S. The standard InChI is InChI=1S/C12H17NO3S/c1-8-6-10(4-5-11(8)14)12(15)13-7-9(2)17(3)16/h4-6,9,14H,7H2,1-3H3,(H,13,15). The predicted molar refractivity (Wildman–Crippen MR) is 68.7 cm³/mol. The number of phenolic OH excluding ortho intramolecular Hbond substituents is 1. The van der Waals surface area contributed by atoms with E-state index >= 15 is 0 Å². The Morgan fingerprint density at radius 2 is 2.18 bits per heavy atom. The highest BCUT2D eigenvalue weighted by molar-refractivity contribution is 7.84. The number of benzene rings is 1. The molecule has 4 nitrogen and oxygen atoms in total. The van der Waals surface area contributed by atoms with Crippen LogP contribution in [0, 0.1) is 6.92 Å². The van der Waals surface area contributed by atoms with Gasteiger partial charge in [-0.3, -0.25) is 9.00 Å². The van der Waals surface area contributed by atoms with Crippen LogP contribution in [0.3, 0.4) is 0 Å². The fourth-order valence-corrected chi connectivity index (χ4v) is 1.57. The molecule has 0 fully saturated rings. The van der Waals surface area contributed by atoms with Gasteiger partial charge in [-0.2, -0.15) is 0 Å².